The van der Waals surface area contributed by atoms with Crippen LogP contribution in [0.2, 0.25) is 0 Å². The number of hydrogen-bond acceptors (Lipinski definition) is 7. The lowest BCUT2D eigenvalue weighted by Gasteiger charge is -2.30. The summed E-state index contributed by atoms with van der Waals surface area (Å²) >= 11 is 0. The van der Waals surface area contributed by atoms with Crippen LogP contribution in [0.1, 0.15) is 29.7 Å². The molecule has 8 heteroatoms. The second-order valence-electron chi connectivity index (χ2n) is 8.66. The first-order valence-electron chi connectivity index (χ1n) is 11.6. The standard InChI is InChI=1S/C28H24N4O4/c1-18-25(21-10-8-19(16-29)9-11-21)30-32(22-12-14-23(35-2)15-13-22)26(18)27(33)31-24(17-36-28(31)34)20-6-4-3-5-7-20/h3-15,18,24,26H,17H2,1-2H3/t18-,24+,26-/m0/s1. The zero-order valence-electron chi connectivity index (χ0n) is 19.9. The Labute approximate surface area is 209 Å². The van der Waals surface area contributed by atoms with Gasteiger partial charge in [0.2, 0.25) is 0 Å². The average Bonchev–Trinajstić information content (AvgIpc) is 3.49. The Morgan fingerprint density at radius 1 is 1.06 bits per heavy atom. The van der Waals surface area contributed by atoms with Crippen LogP contribution in [0.15, 0.2) is 84.0 Å². The van der Waals surface area contributed by atoms with Crippen LogP contribution in [0.3, 0.4) is 0 Å². The van der Waals surface area contributed by atoms with Gasteiger partial charge in [0.15, 0.2) is 0 Å². The lowest BCUT2D eigenvalue weighted by Crippen LogP contribution is -2.49. The van der Waals surface area contributed by atoms with Crippen molar-refractivity contribution in [1.82, 2.24) is 4.90 Å². The molecule has 5 rings (SSSR count). The molecule has 3 aromatic rings. The van der Waals surface area contributed by atoms with Gasteiger partial charge in [-0.3, -0.25) is 9.80 Å². The SMILES string of the molecule is COc1ccc(N2N=C(c3ccc(C#N)cc3)[C@H](C)[C@H]2C(=O)N2C(=O)OC[C@@H]2c2ccccc2)cc1. The molecule has 8 nitrogen and oxygen atoms in total. The molecule has 0 bridgehead atoms. The second kappa shape index (κ2) is 9.55. The highest BCUT2D eigenvalue weighted by atomic mass is 16.6. The molecule has 1 saturated heterocycles. The molecule has 2 heterocycles. The van der Waals surface area contributed by atoms with E-state index in [2.05, 4.69) is 6.07 Å². The highest BCUT2D eigenvalue weighted by Gasteiger charge is 2.48. The Morgan fingerprint density at radius 2 is 1.75 bits per heavy atom. The van der Waals surface area contributed by atoms with E-state index in [1.165, 1.54) is 4.90 Å². The Bertz CT molecular complexity index is 1350. The lowest BCUT2D eigenvalue weighted by molar-refractivity contribution is -0.131. The van der Waals surface area contributed by atoms with Gasteiger partial charge in [-0.05, 0) is 47.5 Å². The van der Waals surface area contributed by atoms with E-state index in [4.69, 9.17) is 19.8 Å². The number of imide groups is 1. The van der Waals surface area contributed by atoms with Crippen LogP contribution in [-0.4, -0.2) is 42.4 Å². The first-order valence-corrected chi connectivity index (χ1v) is 11.6. The van der Waals surface area contributed by atoms with Gasteiger partial charge < -0.3 is 9.47 Å². The van der Waals surface area contributed by atoms with E-state index in [1.54, 1.807) is 36.4 Å². The fourth-order valence-corrected chi connectivity index (χ4v) is 4.67. The first kappa shape index (κ1) is 23.1. The largest absolute Gasteiger partial charge is 0.497 e. The summed E-state index contributed by atoms with van der Waals surface area (Å²) in [5, 5.41) is 15.7. The molecule has 3 atom stereocenters. The summed E-state index contributed by atoms with van der Waals surface area (Å²) in [7, 11) is 1.59. The minimum Gasteiger partial charge on any atom is -0.497 e. The Kier molecular flexibility index (Phi) is 6.13. The summed E-state index contributed by atoms with van der Waals surface area (Å²) in [6.45, 7) is 2.02. The lowest BCUT2D eigenvalue weighted by atomic mass is 9.91. The van der Waals surface area contributed by atoms with Crippen LogP contribution in [-0.2, 0) is 9.53 Å². The highest BCUT2D eigenvalue weighted by molar-refractivity contribution is 6.10. The molecule has 180 valence electrons. The molecule has 0 N–H and O–H groups in total. The van der Waals surface area contributed by atoms with Crippen molar-refractivity contribution in [2.45, 2.75) is 19.0 Å². The predicted molar refractivity (Wildman–Crippen MR) is 133 cm³/mol. The maximum atomic E-state index is 14.1. The minimum atomic E-state index is -0.777. The van der Waals surface area contributed by atoms with Crippen molar-refractivity contribution in [2.24, 2.45) is 11.0 Å². The molecule has 1 fully saturated rings. The average molecular weight is 481 g/mol. The van der Waals surface area contributed by atoms with E-state index in [-0.39, 0.29) is 18.4 Å². The maximum Gasteiger partial charge on any atom is 0.417 e. The molecule has 2 aliphatic heterocycles. The number of benzene rings is 3. The molecule has 0 spiro atoms. The number of nitrogens with zero attached hydrogens (tertiary/aromatic N) is 4. The number of carbonyl (C=O) groups is 2. The molecule has 2 amide bonds. The smallest absolute Gasteiger partial charge is 0.417 e. The van der Waals surface area contributed by atoms with Crippen molar-refractivity contribution in [3.05, 3.63) is 95.6 Å². The van der Waals surface area contributed by atoms with Crippen molar-refractivity contribution in [2.75, 3.05) is 18.7 Å². The summed E-state index contributed by atoms with van der Waals surface area (Å²) in [5.41, 5.74) is 3.55. The topological polar surface area (TPSA) is 95.2 Å². The van der Waals surface area contributed by atoms with E-state index in [0.717, 1.165) is 11.1 Å². The molecule has 0 radical (unpaired) electrons. The molecule has 2 aliphatic rings. The van der Waals surface area contributed by atoms with E-state index in [1.807, 2.05) is 61.5 Å². The van der Waals surface area contributed by atoms with E-state index < -0.39 is 18.2 Å². The Morgan fingerprint density at radius 3 is 2.39 bits per heavy atom. The van der Waals surface area contributed by atoms with Crippen LogP contribution >= 0.6 is 0 Å². The van der Waals surface area contributed by atoms with Gasteiger partial charge >= 0.3 is 6.09 Å². The van der Waals surface area contributed by atoms with Crippen LogP contribution in [0, 0.1) is 17.2 Å². The van der Waals surface area contributed by atoms with Gasteiger partial charge in [0.05, 0.1) is 30.1 Å². The monoisotopic (exact) mass is 480 g/mol. The van der Waals surface area contributed by atoms with Crippen LogP contribution < -0.4 is 9.75 Å². The predicted octanol–water partition coefficient (Wildman–Crippen LogP) is 4.52. The van der Waals surface area contributed by atoms with Gasteiger partial charge in [-0.2, -0.15) is 10.4 Å². The van der Waals surface area contributed by atoms with Crippen molar-refractivity contribution >= 4 is 23.4 Å². The maximum absolute atomic E-state index is 14.1. The van der Waals surface area contributed by atoms with Crippen molar-refractivity contribution in [3.63, 3.8) is 0 Å². The van der Waals surface area contributed by atoms with Gasteiger partial charge in [0.25, 0.3) is 5.91 Å². The number of amides is 2. The molecule has 0 saturated carbocycles. The number of methoxy groups -OCH3 is 1. The van der Waals surface area contributed by atoms with Gasteiger partial charge in [0.1, 0.15) is 24.4 Å². The number of ether oxygens (including phenoxy) is 2. The van der Waals surface area contributed by atoms with Gasteiger partial charge in [-0.15, -0.1) is 0 Å². The minimum absolute atomic E-state index is 0.0988. The summed E-state index contributed by atoms with van der Waals surface area (Å²) < 4.78 is 10.6. The molecule has 36 heavy (non-hydrogen) atoms. The van der Waals surface area contributed by atoms with Gasteiger partial charge in [-0.1, -0.05) is 49.4 Å². The fourth-order valence-electron chi connectivity index (χ4n) is 4.67. The molecular weight excluding hydrogens is 456 g/mol. The molecule has 0 aromatic heterocycles. The number of hydrogen-bond donors (Lipinski definition) is 0. The highest BCUT2D eigenvalue weighted by Crippen LogP contribution is 2.36. The quantitative estimate of drug-likeness (QED) is 0.533. The third-order valence-corrected chi connectivity index (χ3v) is 6.58. The zero-order valence-corrected chi connectivity index (χ0v) is 19.9. The number of carbonyl (C=O) groups excluding carboxylic acids is 2. The summed E-state index contributed by atoms with van der Waals surface area (Å²) in [5.74, 6) is -0.0585. The fraction of sp³-hybridized carbons (Fsp3) is 0.214. The third kappa shape index (κ3) is 4.05. The Hall–Kier alpha value is -4.64. The van der Waals surface area contributed by atoms with Gasteiger partial charge in [-0.25, -0.2) is 9.69 Å². The van der Waals surface area contributed by atoms with Crippen LogP contribution in [0.5, 0.6) is 5.75 Å². The number of rotatable bonds is 5. The third-order valence-electron chi connectivity index (χ3n) is 6.58. The normalized spacial score (nSPS) is 21.1. The number of anilines is 1. The van der Waals surface area contributed by atoms with Gasteiger partial charge in [0, 0.05) is 5.92 Å². The zero-order chi connectivity index (χ0) is 25.2. The summed E-state index contributed by atoms with van der Waals surface area (Å²) in [4.78, 5) is 28.1. The summed E-state index contributed by atoms with van der Waals surface area (Å²) in [6, 6.07) is 24.6. The van der Waals surface area contributed by atoms with E-state index >= 15 is 0 Å². The first-order chi connectivity index (χ1) is 17.5. The molecule has 0 unspecified atom stereocenters. The number of hydrazone groups is 1. The van der Waals surface area contributed by atoms with Crippen LogP contribution in [0.4, 0.5) is 10.5 Å². The molecule has 3 aromatic carbocycles. The van der Waals surface area contributed by atoms with Crippen molar-refractivity contribution in [3.8, 4) is 11.8 Å². The second-order valence-corrected chi connectivity index (χ2v) is 8.66. The van der Waals surface area contributed by atoms with E-state index in [9.17, 15) is 9.59 Å². The number of cyclic esters (lactones) is 1. The molecule has 0 aliphatic carbocycles. The summed E-state index contributed by atoms with van der Waals surface area (Å²) in [6.07, 6.45) is -0.664. The van der Waals surface area contributed by atoms with Crippen LogP contribution in [0.25, 0.3) is 0 Å². The van der Waals surface area contributed by atoms with Crippen molar-refractivity contribution in [1.29, 1.82) is 5.26 Å². The Balaban J connectivity index is 1.54. The number of nitriles is 1. The van der Waals surface area contributed by atoms with E-state index in [0.29, 0.717) is 22.7 Å². The molecular formula is C28H24N4O4. The van der Waals surface area contributed by atoms with Crippen molar-refractivity contribution < 1.29 is 19.1 Å².